The third-order valence-corrected chi connectivity index (χ3v) is 3.58. The van der Waals surface area contributed by atoms with Crippen LogP contribution in [-0.2, 0) is 11.3 Å². The fourth-order valence-electron chi connectivity index (χ4n) is 2.34. The summed E-state index contributed by atoms with van der Waals surface area (Å²) in [6, 6.07) is 3.23. The number of hydrogen-bond acceptors (Lipinski definition) is 3. The van der Waals surface area contributed by atoms with Gasteiger partial charge in [-0.25, -0.2) is 8.78 Å². The molecule has 1 aliphatic rings. The van der Waals surface area contributed by atoms with Crippen LogP contribution in [0, 0.1) is 17.6 Å². The van der Waals surface area contributed by atoms with Gasteiger partial charge in [0.1, 0.15) is 11.6 Å². The fraction of sp³-hybridized carbons (Fsp3) is 0.500. The van der Waals surface area contributed by atoms with E-state index in [9.17, 15) is 18.7 Å². The average Bonchev–Trinajstić information content (AvgIpc) is 2.40. The molecule has 1 aliphatic heterocycles. The fourth-order valence-corrected chi connectivity index (χ4v) is 2.34. The number of rotatable bonds is 3. The lowest BCUT2D eigenvalue weighted by Gasteiger charge is -2.32. The molecular weight excluding hydrogens is 266 g/mol. The van der Waals surface area contributed by atoms with E-state index in [1.807, 2.05) is 11.9 Å². The first kappa shape index (κ1) is 14.9. The lowest BCUT2D eigenvalue weighted by Crippen LogP contribution is -2.48. The predicted molar refractivity (Wildman–Crippen MR) is 69.8 cm³/mol. The Hall–Kier alpha value is -1.53. The summed E-state index contributed by atoms with van der Waals surface area (Å²) < 4.78 is 26.2. The van der Waals surface area contributed by atoms with Crippen LogP contribution in [0.25, 0.3) is 0 Å². The van der Waals surface area contributed by atoms with Gasteiger partial charge in [-0.2, -0.15) is 0 Å². The van der Waals surface area contributed by atoms with E-state index in [-0.39, 0.29) is 18.0 Å². The van der Waals surface area contributed by atoms with Gasteiger partial charge >= 0.3 is 0 Å². The Morgan fingerprint density at radius 3 is 2.95 bits per heavy atom. The Balaban J connectivity index is 1.94. The summed E-state index contributed by atoms with van der Waals surface area (Å²) >= 11 is 0. The van der Waals surface area contributed by atoms with E-state index < -0.39 is 23.7 Å². The number of aliphatic hydroxyl groups excluding tert-OH is 1. The Kier molecular flexibility index (Phi) is 4.67. The van der Waals surface area contributed by atoms with Crippen molar-refractivity contribution in [2.75, 3.05) is 20.1 Å². The third kappa shape index (κ3) is 3.52. The zero-order valence-electron chi connectivity index (χ0n) is 11.3. The van der Waals surface area contributed by atoms with Crippen molar-refractivity contribution in [3.8, 4) is 0 Å². The molecule has 0 aliphatic carbocycles. The number of likely N-dealkylation sites (tertiary alicyclic amines) is 1. The molecule has 0 aromatic heterocycles. The predicted octanol–water partition coefficient (Wildman–Crippen LogP) is 0.894. The molecular formula is C14H18F2N2O2. The molecule has 0 saturated carbocycles. The molecule has 2 N–H and O–H groups in total. The summed E-state index contributed by atoms with van der Waals surface area (Å²) in [6.07, 6.45) is -0.135. The van der Waals surface area contributed by atoms with Crippen LogP contribution in [0.5, 0.6) is 0 Å². The Morgan fingerprint density at radius 1 is 1.50 bits per heavy atom. The summed E-state index contributed by atoms with van der Waals surface area (Å²) in [5, 5.41) is 12.4. The summed E-state index contributed by atoms with van der Waals surface area (Å²) in [6.45, 7) is 1.20. The first-order valence-corrected chi connectivity index (χ1v) is 6.55. The molecule has 0 unspecified atom stereocenters. The monoisotopic (exact) mass is 284 g/mol. The molecule has 0 radical (unpaired) electrons. The highest BCUT2D eigenvalue weighted by atomic mass is 19.1. The molecule has 2 rings (SSSR count). The van der Waals surface area contributed by atoms with Gasteiger partial charge in [0.15, 0.2) is 0 Å². The zero-order chi connectivity index (χ0) is 14.7. The van der Waals surface area contributed by atoms with Crippen molar-refractivity contribution in [3.05, 3.63) is 35.4 Å². The van der Waals surface area contributed by atoms with Crippen LogP contribution in [-0.4, -0.2) is 42.2 Å². The summed E-state index contributed by atoms with van der Waals surface area (Å²) in [4.78, 5) is 14.0. The number of amides is 1. The number of hydrogen-bond donors (Lipinski definition) is 2. The minimum atomic E-state index is -0.688. The molecule has 110 valence electrons. The van der Waals surface area contributed by atoms with Crippen LogP contribution in [0.4, 0.5) is 8.78 Å². The van der Waals surface area contributed by atoms with E-state index in [4.69, 9.17) is 0 Å². The molecule has 1 fully saturated rings. The van der Waals surface area contributed by atoms with Crippen molar-refractivity contribution in [3.63, 3.8) is 0 Å². The van der Waals surface area contributed by atoms with Crippen molar-refractivity contribution in [1.29, 1.82) is 0 Å². The van der Waals surface area contributed by atoms with Gasteiger partial charge in [0.2, 0.25) is 5.91 Å². The van der Waals surface area contributed by atoms with Crippen molar-refractivity contribution in [1.82, 2.24) is 10.2 Å². The maximum atomic E-state index is 13.4. The lowest BCUT2D eigenvalue weighted by atomic mass is 9.94. The molecule has 20 heavy (non-hydrogen) atoms. The second-order valence-electron chi connectivity index (χ2n) is 5.18. The molecule has 1 aromatic rings. The number of nitrogens with zero attached hydrogens (tertiary/aromatic N) is 1. The van der Waals surface area contributed by atoms with Crippen molar-refractivity contribution < 1.29 is 18.7 Å². The Labute approximate surface area is 116 Å². The standard InChI is InChI=1S/C14H18F2N2O2/c1-18-5-4-13(19)11(8-18)14(20)17-7-9-2-3-10(15)6-12(9)16/h2-3,6,11,13,19H,4-5,7-8H2,1H3,(H,17,20)/t11-,13+/m1/s1. The van der Waals surface area contributed by atoms with Gasteiger partial charge in [0, 0.05) is 31.3 Å². The van der Waals surface area contributed by atoms with Crippen molar-refractivity contribution >= 4 is 5.91 Å². The SMILES string of the molecule is CN1CC[C@H](O)[C@H](C(=O)NCc2ccc(F)cc2F)C1. The first-order valence-electron chi connectivity index (χ1n) is 6.55. The minimum absolute atomic E-state index is 0.0160. The van der Waals surface area contributed by atoms with E-state index in [0.717, 1.165) is 18.7 Å². The highest BCUT2D eigenvalue weighted by Crippen LogP contribution is 2.16. The molecule has 4 nitrogen and oxygen atoms in total. The summed E-state index contributed by atoms with van der Waals surface area (Å²) in [7, 11) is 1.88. The number of carbonyl (C=O) groups is 1. The van der Waals surface area contributed by atoms with Gasteiger partial charge in [-0.3, -0.25) is 4.79 Å². The number of carbonyl (C=O) groups excluding carboxylic acids is 1. The second kappa shape index (κ2) is 6.28. The molecule has 2 atom stereocenters. The van der Waals surface area contributed by atoms with E-state index in [1.54, 1.807) is 0 Å². The van der Waals surface area contributed by atoms with E-state index >= 15 is 0 Å². The smallest absolute Gasteiger partial charge is 0.227 e. The van der Waals surface area contributed by atoms with Gasteiger partial charge in [-0.05, 0) is 19.5 Å². The topological polar surface area (TPSA) is 52.6 Å². The highest BCUT2D eigenvalue weighted by Gasteiger charge is 2.31. The van der Waals surface area contributed by atoms with E-state index in [1.165, 1.54) is 6.07 Å². The third-order valence-electron chi connectivity index (χ3n) is 3.58. The van der Waals surface area contributed by atoms with Crippen LogP contribution in [0.1, 0.15) is 12.0 Å². The molecule has 6 heteroatoms. The van der Waals surface area contributed by atoms with Crippen LogP contribution in [0.15, 0.2) is 18.2 Å². The average molecular weight is 284 g/mol. The number of halogens is 2. The van der Waals surface area contributed by atoms with E-state index in [0.29, 0.717) is 13.0 Å². The van der Waals surface area contributed by atoms with Crippen LogP contribution in [0.2, 0.25) is 0 Å². The van der Waals surface area contributed by atoms with Gasteiger partial charge < -0.3 is 15.3 Å². The second-order valence-corrected chi connectivity index (χ2v) is 5.18. The van der Waals surface area contributed by atoms with Crippen LogP contribution < -0.4 is 5.32 Å². The molecule has 1 saturated heterocycles. The normalized spacial score (nSPS) is 23.6. The summed E-state index contributed by atoms with van der Waals surface area (Å²) in [5.41, 5.74) is 0.221. The molecule has 1 amide bonds. The van der Waals surface area contributed by atoms with Gasteiger partial charge in [-0.1, -0.05) is 6.07 Å². The van der Waals surface area contributed by atoms with Gasteiger partial charge in [0.25, 0.3) is 0 Å². The Bertz CT molecular complexity index is 496. The van der Waals surface area contributed by atoms with Gasteiger partial charge in [0.05, 0.1) is 12.0 Å². The number of aliphatic hydroxyl groups is 1. The van der Waals surface area contributed by atoms with Gasteiger partial charge in [-0.15, -0.1) is 0 Å². The Morgan fingerprint density at radius 2 is 2.25 bits per heavy atom. The van der Waals surface area contributed by atoms with Crippen molar-refractivity contribution in [2.24, 2.45) is 5.92 Å². The maximum Gasteiger partial charge on any atom is 0.227 e. The van der Waals surface area contributed by atoms with Crippen LogP contribution in [0.3, 0.4) is 0 Å². The maximum absolute atomic E-state index is 13.4. The molecule has 0 spiro atoms. The quantitative estimate of drug-likeness (QED) is 0.867. The number of benzene rings is 1. The van der Waals surface area contributed by atoms with Crippen molar-refractivity contribution in [2.45, 2.75) is 19.1 Å². The first-order chi connectivity index (χ1) is 9.47. The molecule has 0 bridgehead atoms. The largest absolute Gasteiger partial charge is 0.392 e. The lowest BCUT2D eigenvalue weighted by molar-refractivity contribution is -0.131. The number of nitrogens with one attached hydrogen (secondary N) is 1. The molecule has 1 heterocycles. The highest BCUT2D eigenvalue weighted by molar-refractivity contribution is 5.79. The zero-order valence-corrected chi connectivity index (χ0v) is 11.3. The minimum Gasteiger partial charge on any atom is -0.392 e. The van der Waals surface area contributed by atoms with E-state index in [2.05, 4.69) is 5.32 Å². The number of piperidine rings is 1. The summed E-state index contributed by atoms with van der Waals surface area (Å²) in [5.74, 6) is -2.17. The molecule has 1 aromatic carbocycles. The van der Waals surface area contributed by atoms with Crippen LogP contribution >= 0.6 is 0 Å².